The number of methoxy groups -OCH3 is 1. The van der Waals surface area contributed by atoms with Gasteiger partial charge in [-0.25, -0.2) is 0 Å². The molecule has 0 aliphatic heterocycles. The number of benzene rings is 1. The van der Waals surface area contributed by atoms with Gasteiger partial charge >= 0.3 is 5.97 Å². The Hall–Kier alpha value is -2.36. The van der Waals surface area contributed by atoms with Crippen LogP contribution in [-0.4, -0.2) is 24.7 Å². The Bertz CT molecular complexity index is 581. The molecule has 22 heavy (non-hydrogen) atoms. The smallest absolute Gasteiger partial charge is 0.306 e. The summed E-state index contributed by atoms with van der Waals surface area (Å²) in [5, 5.41) is 0. The van der Waals surface area contributed by atoms with E-state index in [-0.39, 0.29) is 11.9 Å². The van der Waals surface area contributed by atoms with Crippen LogP contribution >= 0.6 is 0 Å². The molecule has 0 fully saturated rings. The third-order valence-electron chi connectivity index (χ3n) is 3.52. The van der Waals surface area contributed by atoms with Crippen LogP contribution in [0.3, 0.4) is 0 Å². The first kappa shape index (κ1) is 16.0. The Morgan fingerprint density at radius 3 is 2.59 bits per heavy atom. The summed E-state index contributed by atoms with van der Waals surface area (Å²) in [5.41, 5.74) is 2.20. The van der Waals surface area contributed by atoms with Crippen molar-refractivity contribution in [2.24, 2.45) is 0 Å². The second kappa shape index (κ2) is 8.17. The van der Waals surface area contributed by atoms with Crippen molar-refractivity contribution in [3.05, 3.63) is 59.9 Å². The van der Waals surface area contributed by atoms with E-state index in [4.69, 9.17) is 9.47 Å². The Morgan fingerprint density at radius 1 is 1.23 bits per heavy atom. The summed E-state index contributed by atoms with van der Waals surface area (Å²) < 4.78 is 10.3. The third kappa shape index (κ3) is 4.58. The van der Waals surface area contributed by atoms with Gasteiger partial charge in [-0.2, -0.15) is 0 Å². The van der Waals surface area contributed by atoms with Crippen molar-refractivity contribution < 1.29 is 14.3 Å². The van der Waals surface area contributed by atoms with Crippen LogP contribution in [0.5, 0.6) is 5.75 Å². The number of aromatic nitrogens is 1. The number of carbonyl (C=O) groups excluding carboxylic acids is 1. The number of nitrogens with zero attached hydrogens (tertiary/aromatic N) is 1. The van der Waals surface area contributed by atoms with Gasteiger partial charge in [-0.3, -0.25) is 9.78 Å². The molecule has 4 heteroatoms. The maximum Gasteiger partial charge on any atom is 0.306 e. The Labute approximate surface area is 131 Å². The molecule has 1 atom stereocenters. The lowest BCUT2D eigenvalue weighted by Gasteiger charge is -2.16. The molecule has 0 aliphatic rings. The first-order valence-corrected chi connectivity index (χ1v) is 7.41. The number of hydrogen-bond acceptors (Lipinski definition) is 4. The van der Waals surface area contributed by atoms with Crippen molar-refractivity contribution in [1.29, 1.82) is 0 Å². The minimum atomic E-state index is -0.176. The van der Waals surface area contributed by atoms with E-state index >= 15 is 0 Å². The quantitative estimate of drug-likeness (QED) is 0.735. The molecule has 0 amide bonds. The highest BCUT2D eigenvalue weighted by Gasteiger charge is 2.18. The largest absolute Gasteiger partial charge is 0.497 e. The van der Waals surface area contributed by atoms with Gasteiger partial charge in [0.2, 0.25) is 0 Å². The summed E-state index contributed by atoms with van der Waals surface area (Å²) in [6.45, 7) is 2.22. The van der Waals surface area contributed by atoms with Gasteiger partial charge in [0.05, 0.1) is 20.1 Å². The predicted molar refractivity (Wildman–Crippen MR) is 84.9 cm³/mol. The van der Waals surface area contributed by atoms with E-state index in [9.17, 15) is 4.79 Å². The van der Waals surface area contributed by atoms with Gasteiger partial charge in [-0.1, -0.05) is 18.2 Å². The third-order valence-corrected chi connectivity index (χ3v) is 3.52. The number of hydrogen-bond donors (Lipinski definition) is 0. The van der Waals surface area contributed by atoms with Crippen molar-refractivity contribution in [1.82, 2.24) is 4.98 Å². The summed E-state index contributed by atoms with van der Waals surface area (Å²) in [4.78, 5) is 16.0. The molecular formula is C18H21NO3. The zero-order valence-electron chi connectivity index (χ0n) is 13.0. The summed E-state index contributed by atoms with van der Waals surface area (Å²) >= 11 is 0. The highest BCUT2D eigenvalue weighted by molar-refractivity contribution is 5.70. The second-order valence-electron chi connectivity index (χ2n) is 5.04. The fraction of sp³-hybridized carbons (Fsp3) is 0.333. The van der Waals surface area contributed by atoms with Gasteiger partial charge in [0.15, 0.2) is 0 Å². The van der Waals surface area contributed by atoms with E-state index in [0.29, 0.717) is 13.0 Å². The molecule has 0 unspecified atom stereocenters. The van der Waals surface area contributed by atoms with Crippen molar-refractivity contribution in [3.63, 3.8) is 0 Å². The van der Waals surface area contributed by atoms with E-state index < -0.39 is 0 Å². The maximum atomic E-state index is 11.9. The zero-order valence-corrected chi connectivity index (χ0v) is 13.0. The molecule has 0 aliphatic carbocycles. The molecule has 4 nitrogen and oxygen atoms in total. The average molecular weight is 299 g/mol. The minimum Gasteiger partial charge on any atom is -0.497 e. The van der Waals surface area contributed by atoms with Gasteiger partial charge in [-0.15, -0.1) is 0 Å². The van der Waals surface area contributed by atoms with Crippen molar-refractivity contribution in [2.75, 3.05) is 13.7 Å². The molecule has 0 N–H and O–H groups in total. The van der Waals surface area contributed by atoms with Crippen LogP contribution in [-0.2, 0) is 16.0 Å². The fourth-order valence-electron chi connectivity index (χ4n) is 2.39. The Morgan fingerprint density at radius 2 is 2.00 bits per heavy atom. The van der Waals surface area contributed by atoms with Crippen LogP contribution in [0.4, 0.5) is 0 Å². The highest BCUT2D eigenvalue weighted by atomic mass is 16.5. The lowest BCUT2D eigenvalue weighted by molar-refractivity contribution is -0.143. The molecule has 0 spiro atoms. The van der Waals surface area contributed by atoms with Gasteiger partial charge < -0.3 is 9.47 Å². The molecule has 1 aromatic carbocycles. The molecule has 0 saturated carbocycles. The minimum absolute atomic E-state index is 0.0566. The van der Waals surface area contributed by atoms with Crippen LogP contribution < -0.4 is 4.74 Å². The number of rotatable bonds is 7. The summed E-state index contributed by atoms with van der Waals surface area (Å²) in [6.07, 6.45) is 4.66. The van der Waals surface area contributed by atoms with Crippen molar-refractivity contribution >= 4 is 5.97 Å². The number of carbonyl (C=O) groups is 1. The number of esters is 1. The molecule has 2 aromatic rings. The molecule has 2 rings (SSSR count). The number of pyridine rings is 1. The summed E-state index contributed by atoms with van der Waals surface area (Å²) in [6, 6.07) is 11.8. The lowest BCUT2D eigenvalue weighted by atomic mass is 9.90. The fourth-order valence-corrected chi connectivity index (χ4v) is 2.39. The van der Waals surface area contributed by atoms with E-state index in [1.165, 1.54) is 0 Å². The summed E-state index contributed by atoms with van der Waals surface area (Å²) in [7, 11) is 1.65. The van der Waals surface area contributed by atoms with Crippen molar-refractivity contribution in [2.45, 2.75) is 25.7 Å². The van der Waals surface area contributed by atoms with Crippen LogP contribution in [0, 0.1) is 0 Å². The SMILES string of the molecule is CCOC(=O)C[C@H](Cc1ccc(OC)cc1)c1cccnc1. The molecule has 1 aromatic heterocycles. The van der Waals surface area contributed by atoms with Crippen LogP contribution in [0.2, 0.25) is 0 Å². The van der Waals surface area contributed by atoms with Gasteiger partial charge in [0.25, 0.3) is 0 Å². The van der Waals surface area contributed by atoms with E-state index in [0.717, 1.165) is 23.3 Å². The molecule has 0 radical (unpaired) electrons. The molecule has 1 heterocycles. The average Bonchev–Trinajstić information content (AvgIpc) is 2.56. The zero-order chi connectivity index (χ0) is 15.8. The van der Waals surface area contributed by atoms with Crippen LogP contribution in [0.25, 0.3) is 0 Å². The standard InChI is InChI=1S/C18H21NO3/c1-3-22-18(20)12-16(15-5-4-10-19-13-15)11-14-6-8-17(21-2)9-7-14/h4-10,13,16H,3,11-12H2,1-2H3/t16-/m0/s1. The van der Waals surface area contributed by atoms with Crippen LogP contribution in [0.15, 0.2) is 48.8 Å². The Balaban J connectivity index is 2.14. The van der Waals surface area contributed by atoms with Crippen LogP contribution in [0.1, 0.15) is 30.4 Å². The first-order valence-electron chi connectivity index (χ1n) is 7.41. The van der Waals surface area contributed by atoms with E-state index in [1.54, 1.807) is 13.3 Å². The van der Waals surface area contributed by atoms with Gasteiger partial charge in [0.1, 0.15) is 5.75 Å². The topological polar surface area (TPSA) is 48.4 Å². The molecule has 0 saturated heterocycles. The first-order chi connectivity index (χ1) is 10.7. The van der Waals surface area contributed by atoms with Gasteiger partial charge in [-0.05, 0) is 48.6 Å². The summed E-state index contributed by atoms with van der Waals surface area (Å²) in [5.74, 6) is 0.707. The van der Waals surface area contributed by atoms with Crippen molar-refractivity contribution in [3.8, 4) is 5.75 Å². The lowest BCUT2D eigenvalue weighted by Crippen LogP contribution is -2.12. The number of ether oxygens (including phenoxy) is 2. The maximum absolute atomic E-state index is 11.9. The normalized spacial score (nSPS) is 11.7. The monoisotopic (exact) mass is 299 g/mol. The second-order valence-corrected chi connectivity index (χ2v) is 5.04. The predicted octanol–water partition coefficient (Wildman–Crippen LogP) is 3.37. The molecule has 116 valence electrons. The van der Waals surface area contributed by atoms with E-state index in [1.807, 2.05) is 49.5 Å². The van der Waals surface area contributed by atoms with E-state index in [2.05, 4.69) is 4.98 Å². The molecular weight excluding hydrogens is 278 g/mol. The Kier molecular flexibility index (Phi) is 5.95. The van der Waals surface area contributed by atoms with Gasteiger partial charge in [0, 0.05) is 12.4 Å². The molecule has 0 bridgehead atoms. The highest BCUT2D eigenvalue weighted by Crippen LogP contribution is 2.25.